The first-order valence-electron chi connectivity index (χ1n) is 6.40. The maximum absolute atomic E-state index is 10.5. The molecule has 0 bridgehead atoms. The van der Waals surface area contributed by atoms with Crippen LogP contribution in [-0.2, 0) is 0 Å². The highest BCUT2D eigenvalue weighted by molar-refractivity contribution is 5.58. The zero-order valence-electron chi connectivity index (χ0n) is 11.5. The molecule has 0 saturated carbocycles. The molecular weight excluding hydrogens is 284 g/mol. The molecule has 0 aliphatic carbocycles. The monoisotopic (exact) mass is 296 g/mol. The Morgan fingerprint density at radius 3 is 1.23 bits per heavy atom. The Hall–Kier alpha value is -3.28. The lowest BCUT2D eigenvalue weighted by Crippen LogP contribution is -1.86. The fourth-order valence-electron chi connectivity index (χ4n) is 1.75. The second-order valence-electron chi connectivity index (χ2n) is 4.42. The van der Waals surface area contributed by atoms with Gasteiger partial charge in [-0.15, -0.1) is 0 Å². The Labute approximate surface area is 126 Å². The summed E-state index contributed by atoms with van der Waals surface area (Å²) in [6, 6.07) is 12.4. The van der Waals surface area contributed by atoms with Gasteiger partial charge in [0, 0.05) is 24.3 Å². The van der Waals surface area contributed by atoms with Crippen molar-refractivity contribution in [2.45, 2.75) is 0 Å². The molecule has 0 radical (unpaired) electrons. The topological polar surface area (TPSA) is 86.3 Å². The molecule has 0 heterocycles. The highest BCUT2D eigenvalue weighted by Gasteiger charge is 2.02. The van der Waals surface area contributed by atoms with Crippen LogP contribution < -0.4 is 0 Å². The van der Waals surface area contributed by atoms with Gasteiger partial charge < -0.3 is 0 Å². The molecule has 0 aromatic heterocycles. The van der Waals surface area contributed by atoms with Crippen LogP contribution in [0.25, 0.3) is 12.2 Å². The van der Waals surface area contributed by atoms with Crippen LogP contribution in [0.3, 0.4) is 0 Å². The normalized spacial score (nSPS) is 11.1. The van der Waals surface area contributed by atoms with Crippen molar-refractivity contribution in [3.63, 3.8) is 0 Å². The average molecular weight is 296 g/mol. The minimum absolute atomic E-state index is 0.0542. The van der Waals surface area contributed by atoms with Gasteiger partial charge in [-0.3, -0.25) is 20.2 Å². The second kappa shape index (κ2) is 6.94. The van der Waals surface area contributed by atoms with Crippen LogP contribution in [0, 0.1) is 20.2 Å². The lowest BCUT2D eigenvalue weighted by atomic mass is 10.1. The Morgan fingerprint density at radius 1 is 0.636 bits per heavy atom. The van der Waals surface area contributed by atoms with Crippen LogP contribution in [-0.4, -0.2) is 9.85 Å². The van der Waals surface area contributed by atoms with Crippen molar-refractivity contribution < 1.29 is 9.85 Å². The Kier molecular flexibility index (Phi) is 4.77. The average Bonchev–Trinajstić information content (AvgIpc) is 2.52. The fraction of sp³-hybridized carbons (Fsp3) is 0. The second-order valence-corrected chi connectivity index (χ2v) is 4.42. The van der Waals surface area contributed by atoms with Crippen LogP contribution in [0.5, 0.6) is 0 Å². The van der Waals surface area contributed by atoms with Crippen molar-refractivity contribution in [3.05, 3.63) is 92.0 Å². The van der Waals surface area contributed by atoms with E-state index in [-0.39, 0.29) is 11.4 Å². The SMILES string of the molecule is O=[N+]([O-])c1ccc(/C=C/C=C/c2ccc([N+](=O)[O-])cc2)cc1. The number of nitro benzene ring substituents is 2. The van der Waals surface area contributed by atoms with E-state index >= 15 is 0 Å². The minimum Gasteiger partial charge on any atom is -0.258 e. The van der Waals surface area contributed by atoms with Gasteiger partial charge >= 0.3 is 0 Å². The quantitative estimate of drug-likeness (QED) is 0.469. The lowest BCUT2D eigenvalue weighted by Gasteiger charge is -1.93. The minimum atomic E-state index is -0.442. The molecule has 0 aliphatic heterocycles. The van der Waals surface area contributed by atoms with E-state index in [9.17, 15) is 20.2 Å². The molecule has 0 amide bonds. The summed E-state index contributed by atoms with van der Waals surface area (Å²) < 4.78 is 0. The van der Waals surface area contributed by atoms with Gasteiger partial charge in [-0.05, 0) is 35.4 Å². The van der Waals surface area contributed by atoms with Gasteiger partial charge in [0.25, 0.3) is 11.4 Å². The van der Waals surface area contributed by atoms with Crippen LogP contribution in [0.4, 0.5) is 11.4 Å². The van der Waals surface area contributed by atoms with E-state index < -0.39 is 9.85 Å². The molecule has 2 rings (SSSR count). The zero-order chi connectivity index (χ0) is 15.9. The van der Waals surface area contributed by atoms with Crippen molar-refractivity contribution in [2.24, 2.45) is 0 Å². The molecule has 0 spiro atoms. The zero-order valence-corrected chi connectivity index (χ0v) is 11.5. The molecule has 0 fully saturated rings. The summed E-state index contributed by atoms with van der Waals surface area (Å²) in [5.41, 5.74) is 1.80. The standard InChI is InChI=1S/C16H12N2O4/c19-17(20)15-9-5-13(6-10-15)3-1-2-4-14-7-11-16(12-8-14)18(21)22/h1-12H/b3-1+,4-2+. The van der Waals surface area contributed by atoms with E-state index in [1.54, 1.807) is 36.4 Å². The smallest absolute Gasteiger partial charge is 0.258 e. The summed E-state index contributed by atoms with van der Waals surface area (Å²) in [5.74, 6) is 0. The molecule has 0 atom stereocenters. The molecule has 0 unspecified atom stereocenters. The number of non-ortho nitro benzene ring substituents is 2. The van der Waals surface area contributed by atoms with Gasteiger partial charge in [-0.2, -0.15) is 0 Å². The number of hydrogen-bond donors (Lipinski definition) is 0. The highest BCUT2D eigenvalue weighted by Crippen LogP contribution is 2.14. The molecule has 110 valence electrons. The van der Waals surface area contributed by atoms with Gasteiger partial charge in [0.15, 0.2) is 0 Å². The van der Waals surface area contributed by atoms with Crippen LogP contribution >= 0.6 is 0 Å². The van der Waals surface area contributed by atoms with E-state index in [2.05, 4.69) is 0 Å². The van der Waals surface area contributed by atoms with Crippen molar-refractivity contribution >= 4 is 23.5 Å². The molecule has 2 aromatic carbocycles. The van der Waals surface area contributed by atoms with Gasteiger partial charge in [-0.25, -0.2) is 0 Å². The third kappa shape index (κ3) is 4.11. The fourth-order valence-corrected chi connectivity index (χ4v) is 1.75. The third-order valence-corrected chi connectivity index (χ3v) is 2.90. The maximum Gasteiger partial charge on any atom is 0.269 e. The molecule has 0 saturated heterocycles. The van der Waals surface area contributed by atoms with E-state index in [1.165, 1.54) is 24.3 Å². The molecule has 0 N–H and O–H groups in total. The molecule has 2 aromatic rings. The predicted octanol–water partition coefficient (Wildman–Crippen LogP) is 4.23. The van der Waals surface area contributed by atoms with Crippen molar-refractivity contribution in [2.75, 3.05) is 0 Å². The summed E-state index contributed by atoms with van der Waals surface area (Å²) in [6.45, 7) is 0. The summed E-state index contributed by atoms with van der Waals surface area (Å²) in [6.07, 6.45) is 7.21. The molecule has 22 heavy (non-hydrogen) atoms. The maximum atomic E-state index is 10.5. The number of nitrogens with zero attached hydrogens (tertiary/aromatic N) is 2. The number of nitro groups is 2. The van der Waals surface area contributed by atoms with E-state index in [4.69, 9.17) is 0 Å². The van der Waals surface area contributed by atoms with E-state index in [0.29, 0.717) is 0 Å². The predicted molar refractivity (Wildman–Crippen MR) is 84.3 cm³/mol. The largest absolute Gasteiger partial charge is 0.269 e. The lowest BCUT2D eigenvalue weighted by molar-refractivity contribution is -0.385. The van der Waals surface area contributed by atoms with Crippen molar-refractivity contribution in [1.29, 1.82) is 0 Å². The third-order valence-electron chi connectivity index (χ3n) is 2.90. The van der Waals surface area contributed by atoms with Gasteiger partial charge in [-0.1, -0.05) is 24.3 Å². The first-order chi connectivity index (χ1) is 10.6. The Morgan fingerprint density at radius 2 is 0.955 bits per heavy atom. The number of benzene rings is 2. The van der Waals surface area contributed by atoms with E-state index in [0.717, 1.165) is 11.1 Å². The molecule has 6 nitrogen and oxygen atoms in total. The van der Waals surface area contributed by atoms with Crippen LogP contribution in [0.2, 0.25) is 0 Å². The van der Waals surface area contributed by atoms with Crippen LogP contribution in [0.1, 0.15) is 11.1 Å². The molecule has 0 aliphatic rings. The Bertz CT molecular complexity index is 666. The summed E-state index contributed by atoms with van der Waals surface area (Å²) in [4.78, 5) is 20.2. The highest BCUT2D eigenvalue weighted by atomic mass is 16.6. The van der Waals surface area contributed by atoms with Gasteiger partial charge in [0.2, 0.25) is 0 Å². The first-order valence-corrected chi connectivity index (χ1v) is 6.40. The van der Waals surface area contributed by atoms with Gasteiger partial charge in [0.1, 0.15) is 0 Å². The van der Waals surface area contributed by atoms with Crippen LogP contribution in [0.15, 0.2) is 60.7 Å². The Balaban J connectivity index is 1.99. The van der Waals surface area contributed by atoms with Crippen molar-refractivity contribution in [3.8, 4) is 0 Å². The molecule has 6 heteroatoms. The van der Waals surface area contributed by atoms with Crippen molar-refractivity contribution in [1.82, 2.24) is 0 Å². The number of allylic oxidation sites excluding steroid dienone is 2. The summed E-state index contributed by atoms with van der Waals surface area (Å²) in [5, 5.41) is 21.1. The number of hydrogen-bond acceptors (Lipinski definition) is 4. The summed E-state index contributed by atoms with van der Waals surface area (Å²) in [7, 11) is 0. The number of rotatable bonds is 5. The first kappa shape index (κ1) is 15.1. The van der Waals surface area contributed by atoms with E-state index in [1.807, 2.05) is 12.2 Å². The van der Waals surface area contributed by atoms with Gasteiger partial charge in [0.05, 0.1) is 9.85 Å². The molecular formula is C16H12N2O4. The summed E-state index contributed by atoms with van der Waals surface area (Å²) >= 11 is 0.